The summed E-state index contributed by atoms with van der Waals surface area (Å²) >= 11 is 0. The van der Waals surface area contributed by atoms with Crippen LogP contribution < -0.4 is 5.73 Å². The van der Waals surface area contributed by atoms with Gasteiger partial charge in [0.2, 0.25) is 0 Å². The molecule has 0 bridgehead atoms. The van der Waals surface area contributed by atoms with Gasteiger partial charge in [0, 0.05) is 24.4 Å². The average Bonchev–Trinajstić information content (AvgIpc) is 2.56. The Balaban J connectivity index is 2.11. The van der Waals surface area contributed by atoms with Gasteiger partial charge in [0.25, 0.3) is 0 Å². The number of rotatable bonds is 1. The van der Waals surface area contributed by atoms with Crippen LogP contribution in [0, 0.1) is 0 Å². The van der Waals surface area contributed by atoms with Crippen molar-refractivity contribution < 1.29 is 0 Å². The van der Waals surface area contributed by atoms with Gasteiger partial charge in [-0.3, -0.25) is 0 Å². The molecule has 13 heavy (non-hydrogen) atoms. The number of nitrogens with two attached hydrogens (primary N) is 1. The molecule has 0 aromatic carbocycles. The van der Waals surface area contributed by atoms with E-state index in [2.05, 4.69) is 9.97 Å². The van der Waals surface area contributed by atoms with E-state index in [1.807, 2.05) is 12.4 Å². The summed E-state index contributed by atoms with van der Waals surface area (Å²) in [4.78, 5) is 7.47. The van der Waals surface area contributed by atoms with Crippen molar-refractivity contribution in [3.05, 3.63) is 18.2 Å². The van der Waals surface area contributed by atoms with Gasteiger partial charge in [0.05, 0.1) is 0 Å². The number of hydrogen-bond acceptors (Lipinski definition) is 2. The molecule has 0 amide bonds. The highest BCUT2D eigenvalue weighted by molar-refractivity contribution is 5.02. The number of imidazole rings is 1. The molecule has 3 nitrogen and oxygen atoms in total. The van der Waals surface area contributed by atoms with E-state index in [4.69, 9.17) is 5.73 Å². The smallest absolute Gasteiger partial charge is 0.110 e. The van der Waals surface area contributed by atoms with Gasteiger partial charge in [-0.05, 0) is 12.8 Å². The topological polar surface area (TPSA) is 54.7 Å². The van der Waals surface area contributed by atoms with E-state index in [1.165, 1.54) is 25.7 Å². The van der Waals surface area contributed by atoms with Gasteiger partial charge >= 0.3 is 0 Å². The van der Waals surface area contributed by atoms with Crippen molar-refractivity contribution in [3.63, 3.8) is 0 Å². The zero-order chi connectivity index (χ0) is 9.10. The molecule has 3 heteroatoms. The maximum atomic E-state index is 6.11. The molecule has 0 spiro atoms. The van der Waals surface area contributed by atoms with Crippen molar-refractivity contribution in [3.8, 4) is 0 Å². The lowest BCUT2D eigenvalue weighted by atomic mass is 9.95. The number of nitrogens with one attached hydrogen (secondary N) is 1. The molecule has 72 valence electrons. The predicted octanol–water partition coefficient (Wildman–Crippen LogP) is 1.78. The van der Waals surface area contributed by atoms with Gasteiger partial charge < -0.3 is 10.7 Å². The fraction of sp³-hybridized carbons (Fsp3) is 0.700. The normalized spacial score (nSPS) is 29.9. The third-order valence-electron chi connectivity index (χ3n) is 2.94. The summed E-state index contributed by atoms with van der Waals surface area (Å²) in [5.41, 5.74) is 6.11. The molecule has 1 aliphatic carbocycles. The second kappa shape index (κ2) is 3.92. The fourth-order valence-electron chi connectivity index (χ4n) is 2.16. The standard InChI is InChI=1S/C10H17N3/c11-9-5-3-1-2-4-8(9)10-12-6-7-13-10/h6-9H,1-5,11H2,(H,12,13). The van der Waals surface area contributed by atoms with Crippen LogP contribution in [-0.4, -0.2) is 16.0 Å². The highest BCUT2D eigenvalue weighted by Crippen LogP contribution is 2.28. The molecule has 1 fully saturated rings. The molecule has 2 unspecified atom stereocenters. The van der Waals surface area contributed by atoms with Gasteiger partial charge in [-0.2, -0.15) is 0 Å². The lowest BCUT2D eigenvalue weighted by molar-refractivity contribution is 0.487. The van der Waals surface area contributed by atoms with Crippen LogP contribution in [0.25, 0.3) is 0 Å². The molecule has 1 heterocycles. The Morgan fingerprint density at radius 2 is 2.15 bits per heavy atom. The summed E-state index contributed by atoms with van der Waals surface area (Å²) in [5, 5.41) is 0. The second-order valence-corrected chi connectivity index (χ2v) is 3.88. The monoisotopic (exact) mass is 179 g/mol. The Bertz CT molecular complexity index is 243. The molecule has 1 aromatic rings. The van der Waals surface area contributed by atoms with Gasteiger partial charge in [-0.1, -0.05) is 19.3 Å². The van der Waals surface area contributed by atoms with Crippen molar-refractivity contribution in [1.29, 1.82) is 0 Å². The maximum absolute atomic E-state index is 6.11. The number of aromatic nitrogens is 2. The third-order valence-corrected chi connectivity index (χ3v) is 2.94. The van der Waals surface area contributed by atoms with Gasteiger partial charge in [-0.15, -0.1) is 0 Å². The van der Waals surface area contributed by atoms with Gasteiger partial charge in [-0.25, -0.2) is 4.98 Å². The molecule has 1 aliphatic rings. The van der Waals surface area contributed by atoms with Crippen molar-refractivity contribution in [2.24, 2.45) is 5.73 Å². The minimum absolute atomic E-state index is 0.300. The lowest BCUT2D eigenvalue weighted by Gasteiger charge is -2.18. The van der Waals surface area contributed by atoms with Crippen LogP contribution in [0.4, 0.5) is 0 Å². The van der Waals surface area contributed by atoms with Gasteiger partial charge in [0.15, 0.2) is 0 Å². The van der Waals surface area contributed by atoms with Crippen LogP contribution in [0.2, 0.25) is 0 Å². The zero-order valence-electron chi connectivity index (χ0n) is 7.87. The predicted molar refractivity (Wildman–Crippen MR) is 52.4 cm³/mol. The first kappa shape index (κ1) is 8.75. The van der Waals surface area contributed by atoms with E-state index < -0.39 is 0 Å². The van der Waals surface area contributed by atoms with Crippen LogP contribution in [0.15, 0.2) is 12.4 Å². The fourth-order valence-corrected chi connectivity index (χ4v) is 2.16. The third kappa shape index (κ3) is 1.91. The first-order valence-electron chi connectivity index (χ1n) is 5.13. The summed E-state index contributed by atoms with van der Waals surface area (Å²) in [6, 6.07) is 0.300. The molecule has 2 atom stereocenters. The minimum atomic E-state index is 0.300. The molecule has 2 rings (SSSR count). The number of nitrogens with zero attached hydrogens (tertiary/aromatic N) is 1. The van der Waals surface area contributed by atoms with E-state index in [-0.39, 0.29) is 0 Å². The van der Waals surface area contributed by atoms with E-state index in [0.717, 1.165) is 12.2 Å². The summed E-state index contributed by atoms with van der Waals surface area (Å²) in [7, 11) is 0. The van der Waals surface area contributed by atoms with E-state index in [1.54, 1.807) is 0 Å². The Labute approximate surface area is 78.7 Å². The summed E-state index contributed by atoms with van der Waals surface area (Å²) in [6.45, 7) is 0. The minimum Gasteiger partial charge on any atom is -0.348 e. The number of hydrogen-bond donors (Lipinski definition) is 2. The van der Waals surface area contributed by atoms with E-state index >= 15 is 0 Å². The molecule has 1 aromatic heterocycles. The lowest BCUT2D eigenvalue weighted by Crippen LogP contribution is -2.27. The molecule has 3 N–H and O–H groups in total. The van der Waals surface area contributed by atoms with E-state index in [9.17, 15) is 0 Å². The first-order valence-corrected chi connectivity index (χ1v) is 5.13. The molecule has 0 aliphatic heterocycles. The second-order valence-electron chi connectivity index (χ2n) is 3.88. The van der Waals surface area contributed by atoms with Crippen molar-refractivity contribution >= 4 is 0 Å². The Morgan fingerprint density at radius 1 is 1.31 bits per heavy atom. The quantitative estimate of drug-likeness (QED) is 0.646. The van der Waals surface area contributed by atoms with Crippen molar-refractivity contribution in [1.82, 2.24) is 9.97 Å². The summed E-state index contributed by atoms with van der Waals surface area (Å²) < 4.78 is 0. The van der Waals surface area contributed by atoms with Crippen LogP contribution in [0.5, 0.6) is 0 Å². The summed E-state index contributed by atoms with van der Waals surface area (Å²) in [6.07, 6.45) is 9.92. The zero-order valence-corrected chi connectivity index (χ0v) is 7.87. The van der Waals surface area contributed by atoms with Crippen molar-refractivity contribution in [2.75, 3.05) is 0 Å². The van der Waals surface area contributed by atoms with Crippen LogP contribution >= 0.6 is 0 Å². The van der Waals surface area contributed by atoms with E-state index in [0.29, 0.717) is 12.0 Å². The first-order chi connectivity index (χ1) is 6.38. The molecule has 0 saturated heterocycles. The Hall–Kier alpha value is -0.830. The Kier molecular flexibility index (Phi) is 2.64. The summed E-state index contributed by atoms with van der Waals surface area (Å²) in [5.74, 6) is 1.53. The number of aromatic amines is 1. The maximum Gasteiger partial charge on any atom is 0.110 e. The molecular formula is C10H17N3. The van der Waals surface area contributed by atoms with Crippen LogP contribution in [0.1, 0.15) is 43.8 Å². The van der Waals surface area contributed by atoms with Crippen LogP contribution in [0.3, 0.4) is 0 Å². The molecule has 0 radical (unpaired) electrons. The van der Waals surface area contributed by atoms with Crippen LogP contribution in [-0.2, 0) is 0 Å². The number of H-pyrrole nitrogens is 1. The Morgan fingerprint density at radius 3 is 2.92 bits per heavy atom. The highest BCUT2D eigenvalue weighted by atomic mass is 14.9. The highest BCUT2D eigenvalue weighted by Gasteiger charge is 2.23. The van der Waals surface area contributed by atoms with Crippen molar-refractivity contribution in [2.45, 2.75) is 44.1 Å². The molecule has 1 saturated carbocycles. The average molecular weight is 179 g/mol. The van der Waals surface area contributed by atoms with Gasteiger partial charge in [0.1, 0.15) is 5.82 Å². The largest absolute Gasteiger partial charge is 0.348 e. The SMILES string of the molecule is NC1CCCCCC1c1ncc[nH]1. The molecular weight excluding hydrogens is 162 g/mol.